The van der Waals surface area contributed by atoms with E-state index in [1.807, 2.05) is 33.3 Å². The van der Waals surface area contributed by atoms with E-state index in [0.717, 1.165) is 38.5 Å². The standard InChI is InChI=1S/C46H86NO10P/c1-6-8-10-12-14-16-18-20-21-22-24-26-28-30-32-36-45(50)54-40-42(41-56-58(52,53)55-39-38-47(3,4)5)57-46(51)37-33-35-44(49)43(48)34-31-29-27-25-23-19-17-15-13-11-9-7-2/h15,17,23,25,29,31,42-44,48-49H,6-14,16,18-22,24,26-28,30,32-41H2,1-5H3/p+1/b17-15-,25-23-,31-29-/t42-,43?,44?/m1/s1. The average Bonchev–Trinajstić information content (AvgIpc) is 3.17. The minimum Gasteiger partial charge on any atom is -0.462 e. The highest BCUT2D eigenvalue weighted by Gasteiger charge is 2.27. The zero-order valence-electron chi connectivity index (χ0n) is 37.5. The first-order valence-electron chi connectivity index (χ1n) is 22.9. The van der Waals surface area contributed by atoms with Crippen molar-refractivity contribution in [3.05, 3.63) is 36.5 Å². The van der Waals surface area contributed by atoms with Crippen LogP contribution in [-0.4, -0.2) is 97.3 Å². The van der Waals surface area contributed by atoms with Crippen LogP contribution in [0.25, 0.3) is 0 Å². The van der Waals surface area contributed by atoms with Crippen molar-refractivity contribution >= 4 is 19.8 Å². The van der Waals surface area contributed by atoms with Gasteiger partial charge in [-0.15, -0.1) is 0 Å². The lowest BCUT2D eigenvalue weighted by Gasteiger charge is -2.24. The second kappa shape index (κ2) is 38.1. The molecule has 0 aliphatic rings. The van der Waals surface area contributed by atoms with Crippen LogP contribution in [0.2, 0.25) is 0 Å². The third kappa shape index (κ3) is 39.6. The van der Waals surface area contributed by atoms with Crippen LogP contribution in [0.1, 0.15) is 181 Å². The Labute approximate surface area is 354 Å². The maximum Gasteiger partial charge on any atom is 0.472 e. The van der Waals surface area contributed by atoms with Crippen molar-refractivity contribution in [2.24, 2.45) is 0 Å². The van der Waals surface area contributed by atoms with Gasteiger partial charge in [0.2, 0.25) is 0 Å². The molecule has 0 heterocycles. The van der Waals surface area contributed by atoms with E-state index in [9.17, 15) is 29.3 Å². The summed E-state index contributed by atoms with van der Waals surface area (Å²) in [5, 5.41) is 20.8. The topological polar surface area (TPSA) is 149 Å². The Morgan fingerprint density at radius 1 is 0.603 bits per heavy atom. The molecular weight excluding hydrogens is 757 g/mol. The van der Waals surface area contributed by atoms with E-state index in [1.165, 1.54) is 89.9 Å². The van der Waals surface area contributed by atoms with Gasteiger partial charge in [-0.1, -0.05) is 153 Å². The Balaban J connectivity index is 4.58. The number of nitrogens with zero attached hydrogens (tertiary/aromatic N) is 1. The van der Waals surface area contributed by atoms with Crippen LogP contribution in [0.4, 0.5) is 0 Å². The predicted octanol–water partition coefficient (Wildman–Crippen LogP) is 10.9. The summed E-state index contributed by atoms with van der Waals surface area (Å²) in [5.74, 6) is -1.08. The summed E-state index contributed by atoms with van der Waals surface area (Å²) < 4.78 is 34.1. The number of allylic oxidation sites excluding steroid dienone is 5. The Bertz CT molecular complexity index is 1120. The van der Waals surface area contributed by atoms with Gasteiger partial charge in [-0.2, -0.15) is 0 Å². The van der Waals surface area contributed by atoms with Gasteiger partial charge in [0, 0.05) is 12.8 Å². The molecule has 340 valence electrons. The quantitative estimate of drug-likeness (QED) is 0.0178. The molecule has 0 radical (unpaired) electrons. The molecule has 3 unspecified atom stereocenters. The Hall–Kier alpha value is -1.85. The van der Waals surface area contributed by atoms with Gasteiger partial charge in [-0.05, 0) is 51.4 Å². The fourth-order valence-electron chi connectivity index (χ4n) is 6.12. The van der Waals surface area contributed by atoms with Crippen molar-refractivity contribution < 1.29 is 52.3 Å². The number of likely N-dealkylation sites (N-methyl/N-ethyl adjacent to an activating group) is 1. The monoisotopic (exact) mass is 845 g/mol. The van der Waals surface area contributed by atoms with Gasteiger partial charge in [0.1, 0.15) is 19.8 Å². The molecule has 11 nitrogen and oxygen atoms in total. The van der Waals surface area contributed by atoms with Gasteiger partial charge >= 0.3 is 19.8 Å². The number of carbonyl (C=O) groups is 2. The van der Waals surface area contributed by atoms with E-state index in [0.29, 0.717) is 23.9 Å². The minimum atomic E-state index is -4.45. The van der Waals surface area contributed by atoms with E-state index in [-0.39, 0.29) is 38.9 Å². The number of ether oxygens (including phenoxy) is 2. The van der Waals surface area contributed by atoms with Crippen LogP contribution in [0, 0.1) is 0 Å². The van der Waals surface area contributed by atoms with E-state index in [1.54, 1.807) is 0 Å². The highest BCUT2D eigenvalue weighted by molar-refractivity contribution is 7.47. The lowest BCUT2D eigenvalue weighted by Crippen LogP contribution is -2.37. The van der Waals surface area contributed by atoms with Crippen LogP contribution >= 0.6 is 7.82 Å². The summed E-state index contributed by atoms with van der Waals surface area (Å²) in [5.41, 5.74) is 0. The third-order valence-electron chi connectivity index (χ3n) is 9.87. The van der Waals surface area contributed by atoms with E-state index in [4.69, 9.17) is 18.5 Å². The molecule has 0 saturated carbocycles. The van der Waals surface area contributed by atoms with Gasteiger partial charge in [-0.3, -0.25) is 18.6 Å². The molecule has 0 saturated heterocycles. The fraction of sp³-hybridized carbons (Fsp3) is 0.826. The molecule has 0 aliphatic carbocycles. The second-order valence-electron chi connectivity index (χ2n) is 16.8. The first-order valence-corrected chi connectivity index (χ1v) is 24.4. The highest BCUT2D eigenvalue weighted by atomic mass is 31.2. The molecule has 0 bridgehead atoms. The lowest BCUT2D eigenvalue weighted by atomic mass is 10.0. The number of esters is 2. The Kier molecular flexibility index (Phi) is 36.9. The molecular formula is C46H87NO10P+. The molecule has 0 aromatic carbocycles. The maximum atomic E-state index is 12.7. The maximum absolute atomic E-state index is 12.7. The third-order valence-corrected chi connectivity index (χ3v) is 10.9. The lowest BCUT2D eigenvalue weighted by molar-refractivity contribution is -0.870. The van der Waals surface area contributed by atoms with Crippen molar-refractivity contribution in [2.45, 2.75) is 199 Å². The number of carbonyl (C=O) groups excluding carboxylic acids is 2. The number of unbranched alkanes of at least 4 members (excludes halogenated alkanes) is 17. The van der Waals surface area contributed by atoms with E-state index < -0.39 is 44.7 Å². The number of phosphoric acid groups is 1. The largest absolute Gasteiger partial charge is 0.472 e. The summed E-state index contributed by atoms with van der Waals surface area (Å²) in [6.07, 6.45) is 35.0. The number of aliphatic hydroxyl groups is 2. The van der Waals surface area contributed by atoms with Gasteiger partial charge < -0.3 is 29.1 Å². The van der Waals surface area contributed by atoms with E-state index in [2.05, 4.69) is 38.2 Å². The Morgan fingerprint density at radius 3 is 1.67 bits per heavy atom. The number of rotatable bonds is 41. The molecule has 0 aromatic rings. The molecule has 0 spiro atoms. The molecule has 4 atom stereocenters. The summed E-state index contributed by atoms with van der Waals surface area (Å²) >= 11 is 0. The molecule has 0 aromatic heterocycles. The van der Waals surface area contributed by atoms with Crippen LogP contribution < -0.4 is 0 Å². The summed E-state index contributed by atoms with van der Waals surface area (Å²) in [6, 6.07) is 0. The first-order chi connectivity index (χ1) is 27.8. The van der Waals surface area contributed by atoms with Crippen LogP contribution in [0.5, 0.6) is 0 Å². The molecule has 0 rings (SSSR count). The van der Waals surface area contributed by atoms with Crippen LogP contribution in [-0.2, 0) is 32.7 Å². The number of hydrogen-bond donors (Lipinski definition) is 3. The highest BCUT2D eigenvalue weighted by Crippen LogP contribution is 2.43. The SMILES string of the molecule is CCCCC/C=C\C/C=C\C/C=C\CC(O)C(O)CCCC(=O)O[C@H](COC(=O)CCCCCCCCCCCCCCCCC)COP(=O)(O)OCC[N+](C)(C)C. The number of phosphoric ester groups is 1. The van der Waals surface area contributed by atoms with Gasteiger partial charge in [0.25, 0.3) is 0 Å². The van der Waals surface area contributed by atoms with E-state index >= 15 is 0 Å². The van der Waals surface area contributed by atoms with Crippen molar-refractivity contribution in [3.63, 3.8) is 0 Å². The molecule has 0 aliphatic heterocycles. The van der Waals surface area contributed by atoms with Gasteiger partial charge in [-0.25, -0.2) is 4.57 Å². The fourth-order valence-corrected chi connectivity index (χ4v) is 6.86. The van der Waals surface area contributed by atoms with Crippen molar-refractivity contribution in [1.29, 1.82) is 0 Å². The first kappa shape index (κ1) is 56.1. The van der Waals surface area contributed by atoms with Gasteiger partial charge in [0.05, 0.1) is 40.0 Å². The van der Waals surface area contributed by atoms with Crippen molar-refractivity contribution in [2.75, 3.05) is 47.5 Å². The van der Waals surface area contributed by atoms with Crippen LogP contribution in [0.15, 0.2) is 36.5 Å². The van der Waals surface area contributed by atoms with Crippen molar-refractivity contribution in [3.8, 4) is 0 Å². The molecule has 12 heteroatoms. The average molecular weight is 845 g/mol. The number of aliphatic hydroxyl groups excluding tert-OH is 2. The van der Waals surface area contributed by atoms with Crippen molar-refractivity contribution in [1.82, 2.24) is 0 Å². The molecule has 0 amide bonds. The molecule has 58 heavy (non-hydrogen) atoms. The molecule has 0 fully saturated rings. The number of hydrogen-bond acceptors (Lipinski definition) is 9. The predicted molar refractivity (Wildman–Crippen MR) is 236 cm³/mol. The normalized spacial score (nSPS) is 15.0. The zero-order valence-corrected chi connectivity index (χ0v) is 38.4. The smallest absolute Gasteiger partial charge is 0.462 e. The minimum absolute atomic E-state index is 0.0197. The number of quaternary nitrogens is 1. The summed E-state index contributed by atoms with van der Waals surface area (Å²) in [4.78, 5) is 35.4. The zero-order chi connectivity index (χ0) is 43.2. The Morgan fingerprint density at radius 2 is 1.10 bits per heavy atom. The summed E-state index contributed by atoms with van der Waals surface area (Å²) in [6.45, 7) is 4.06. The molecule has 3 N–H and O–H groups in total. The van der Waals surface area contributed by atoms with Gasteiger partial charge in [0.15, 0.2) is 6.10 Å². The summed E-state index contributed by atoms with van der Waals surface area (Å²) in [7, 11) is 1.30. The van der Waals surface area contributed by atoms with Crippen LogP contribution in [0.3, 0.4) is 0 Å². The second-order valence-corrected chi connectivity index (χ2v) is 18.2.